The molecule has 0 unspecified atom stereocenters. The Labute approximate surface area is 145 Å². The Kier molecular flexibility index (Phi) is 5.14. The maximum absolute atomic E-state index is 12.8. The number of piperidine rings is 1. The van der Waals surface area contributed by atoms with E-state index in [2.05, 4.69) is 5.32 Å². The van der Waals surface area contributed by atoms with Crippen LogP contribution < -0.4 is 5.32 Å². The lowest BCUT2D eigenvalue weighted by Gasteiger charge is -2.27. The molecule has 0 bridgehead atoms. The van der Waals surface area contributed by atoms with Crippen LogP contribution in [0.5, 0.6) is 0 Å². The summed E-state index contributed by atoms with van der Waals surface area (Å²) in [4.78, 5) is 39.7. The van der Waals surface area contributed by atoms with Gasteiger partial charge in [0.1, 0.15) is 5.70 Å². The predicted octanol–water partition coefficient (Wildman–Crippen LogP) is 0.970. The fourth-order valence-electron chi connectivity index (χ4n) is 3.10. The summed E-state index contributed by atoms with van der Waals surface area (Å²) in [6.07, 6.45) is 4.32. The zero-order chi connectivity index (χ0) is 17.8. The van der Waals surface area contributed by atoms with Crippen LogP contribution in [0.15, 0.2) is 36.0 Å². The van der Waals surface area contributed by atoms with Gasteiger partial charge < -0.3 is 15.3 Å². The Hall–Kier alpha value is -2.67. The molecule has 2 aliphatic heterocycles. The van der Waals surface area contributed by atoms with Crippen molar-refractivity contribution in [3.05, 3.63) is 41.6 Å². The number of aliphatic hydroxyl groups is 1. The van der Waals surface area contributed by atoms with Crippen molar-refractivity contribution in [3.8, 4) is 0 Å². The predicted molar refractivity (Wildman–Crippen MR) is 91.7 cm³/mol. The molecule has 25 heavy (non-hydrogen) atoms. The number of hydrogen-bond acceptors (Lipinski definition) is 5. The average molecular weight is 343 g/mol. The topological polar surface area (TPSA) is 90.0 Å². The van der Waals surface area contributed by atoms with E-state index in [1.807, 2.05) is 4.90 Å². The van der Waals surface area contributed by atoms with Crippen LogP contribution >= 0.6 is 0 Å². The Morgan fingerprint density at radius 2 is 1.84 bits per heavy atom. The number of nitrogens with zero attached hydrogens (tertiary/aromatic N) is 2. The van der Waals surface area contributed by atoms with Crippen LogP contribution in [-0.4, -0.2) is 58.9 Å². The number of rotatable bonds is 5. The molecule has 0 radical (unpaired) electrons. The summed E-state index contributed by atoms with van der Waals surface area (Å²) in [7, 11) is 0. The number of imide groups is 1. The van der Waals surface area contributed by atoms with Gasteiger partial charge in [-0.25, -0.2) is 0 Å². The summed E-state index contributed by atoms with van der Waals surface area (Å²) >= 11 is 0. The van der Waals surface area contributed by atoms with Gasteiger partial charge in [0.05, 0.1) is 24.4 Å². The molecule has 3 amide bonds. The summed E-state index contributed by atoms with van der Waals surface area (Å²) in [6.45, 7) is 1.13. The number of likely N-dealkylation sites (tertiary alicyclic amines) is 1. The maximum atomic E-state index is 12.8. The molecule has 0 saturated carbocycles. The third kappa shape index (κ3) is 3.56. The molecular formula is C18H21N3O4. The van der Waals surface area contributed by atoms with Crippen molar-refractivity contribution in [2.24, 2.45) is 0 Å². The number of carbonyl (C=O) groups is 3. The molecule has 1 aromatic carbocycles. The van der Waals surface area contributed by atoms with E-state index in [0.29, 0.717) is 11.3 Å². The largest absolute Gasteiger partial charge is 0.395 e. The maximum Gasteiger partial charge on any atom is 0.277 e. The van der Waals surface area contributed by atoms with E-state index in [1.165, 1.54) is 6.08 Å². The minimum Gasteiger partial charge on any atom is -0.395 e. The Morgan fingerprint density at radius 3 is 2.56 bits per heavy atom. The van der Waals surface area contributed by atoms with E-state index < -0.39 is 11.8 Å². The number of hydrogen-bond donors (Lipinski definition) is 2. The number of aliphatic hydroxyl groups excluding tert-OH is 1. The second-order valence-corrected chi connectivity index (χ2v) is 6.10. The van der Waals surface area contributed by atoms with E-state index in [0.717, 1.165) is 37.3 Å². The molecule has 2 heterocycles. The number of β-amino-alcohol motifs (C(OH)–C–C–N with tert-alkyl or cyclic N) is 1. The van der Waals surface area contributed by atoms with E-state index in [-0.39, 0.29) is 24.8 Å². The van der Waals surface area contributed by atoms with Crippen LogP contribution in [0, 0.1) is 0 Å². The lowest BCUT2D eigenvalue weighted by molar-refractivity contribution is -0.137. The monoisotopic (exact) mass is 343 g/mol. The number of benzene rings is 1. The van der Waals surface area contributed by atoms with Gasteiger partial charge in [-0.15, -0.1) is 0 Å². The molecule has 0 atom stereocenters. The zero-order valence-corrected chi connectivity index (χ0v) is 13.9. The van der Waals surface area contributed by atoms with Crippen LogP contribution in [-0.2, 0) is 9.59 Å². The molecule has 3 rings (SSSR count). The molecule has 7 heteroatoms. The number of nitrogens with one attached hydrogen (secondary N) is 1. The number of anilines is 1. The third-order valence-corrected chi connectivity index (χ3v) is 4.40. The fourth-order valence-corrected chi connectivity index (χ4v) is 3.10. The third-order valence-electron chi connectivity index (χ3n) is 4.40. The first-order valence-electron chi connectivity index (χ1n) is 8.45. The Bertz CT molecular complexity index is 723. The second kappa shape index (κ2) is 7.48. The molecule has 1 fully saturated rings. The van der Waals surface area contributed by atoms with E-state index >= 15 is 0 Å². The van der Waals surface area contributed by atoms with Crippen molar-refractivity contribution >= 4 is 23.4 Å². The first-order valence-corrected chi connectivity index (χ1v) is 8.45. The summed E-state index contributed by atoms with van der Waals surface area (Å²) in [6, 6.07) is 6.97. The lowest BCUT2D eigenvalue weighted by atomic mass is 10.1. The summed E-state index contributed by atoms with van der Waals surface area (Å²) < 4.78 is 0. The highest BCUT2D eigenvalue weighted by atomic mass is 16.3. The van der Waals surface area contributed by atoms with Crippen molar-refractivity contribution in [2.75, 3.05) is 31.6 Å². The first-order chi connectivity index (χ1) is 12.1. The normalized spacial score (nSPS) is 17.7. The van der Waals surface area contributed by atoms with Gasteiger partial charge in [-0.1, -0.05) is 12.1 Å². The SMILES string of the molecule is O=C(c1ccccc1NC1=CC(=O)N(CCO)C1=O)N1CCCCC1. The second-order valence-electron chi connectivity index (χ2n) is 6.10. The highest BCUT2D eigenvalue weighted by molar-refractivity contribution is 6.17. The van der Waals surface area contributed by atoms with Gasteiger partial charge in [-0.2, -0.15) is 0 Å². The highest BCUT2D eigenvalue weighted by Crippen LogP contribution is 2.23. The molecular weight excluding hydrogens is 322 g/mol. The van der Waals surface area contributed by atoms with Crippen molar-refractivity contribution in [1.29, 1.82) is 0 Å². The molecule has 2 N–H and O–H groups in total. The Morgan fingerprint density at radius 1 is 1.12 bits per heavy atom. The van der Waals surface area contributed by atoms with Crippen LogP contribution in [0.3, 0.4) is 0 Å². The molecule has 0 aliphatic carbocycles. The van der Waals surface area contributed by atoms with Crippen molar-refractivity contribution < 1.29 is 19.5 Å². The first kappa shape index (κ1) is 17.2. The summed E-state index contributed by atoms with van der Waals surface area (Å²) in [5.74, 6) is -1.05. The van der Waals surface area contributed by atoms with Crippen molar-refractivity contribution in [2.45, 2.75) is 19.3 Å². The van der Waals surface area contributed by atoms with Crippen LogP contribution in [0.4, 0.5) is 5.69 Å². The minimum absolute atomic E-state index is 0.0479. The van der Waals surface area contributed by atoms with Gasteiger partial charge in [-0.3, -0.25) is 19.3 Å². The van der Waals surface area contributed by atoms with E-state index in [1.54, 1.807) is 24.3 Å². The molecule has 1 aromatic rings. The van der Waals surface area contributed by atoms with Gasteiger partial charge in [0.25, 0.3) is 17.7 Å². The number of amides is 3. The van der Waals surface area contributed by atoms with Gasteiger partial charge in [0.2, 0.25) is 0 Å². The van der Waals surface area contributed by atoms with Gasteiger partial charge >= 0.3 is 0 Å². The molecule has 0 spiro atoms. The molecule has 1 saturated heterocycles. The van der Waals surface area contributed by atoms with E-state index in [4.69, 9.17) is 5.11 Å². The average Bonchev–Trinajstić information content (AvgIpc) is 2.90. The summed E-state index contributed by atoms with van der Waals surface area (Å²) in [5, 5.41) is 11.9. The zero-order valence-electron chi connectivity index (χ0n) is 13.9. The Balaban J connectivity index is 1.80. The number of para-hydroxylation sites is 1. The summed E-state index contributed by atoms with van der Waals surface area (Å²) in [5.41, 5.74) is 1.08. The molecule has 2 aliphatic rings. The highest BCUT2D eigenvalue weighted by Gasteiger charge is 2.31. The van der Waals surface area contributed by atoms with Crippen molar-refractivity contribution in [1.82, 2.24) is 9.80 Å². The van der Waals surface area contributed by atoms with Crippen LogP contribution in [0.1, 0.15) is 29.6 Å². The molecule has 132 valence electrons. The van der Waals surface area contributed by atoms with Crippen LogP contribution in [0.25, 0.3) is 0 Å². The lowest BCUT2D eigenvalue weighted by Crippen LogP contribution is -2.36. The van der Waals surface area contributed by atoms with Crippen molar-refractivity contribution in [3.63, 3.8) is 0 Å². The van der Waals surface area contributed by atoms with Gasteiger partial charge in [-0.05, 0) is 31.4 Å². The van der Waals surface area contributed by atoms with E-state index in [9.17, 15) is 14.4 Å². The standard InChI is InChI=1S/C18H21N3O4/c22-11-10-21-16(23)12-15(18(21)25)19-14-7-3-2-6-13(14)17(24)20-8-4-1-5-9-20/h2-3,6-7,12,19,22H,1,4-5,8-11H2. The molecule has 7 nitrogen and oxygen atoms in total. The minimum atomic E-state index is -0.501. The van der Waals surface area contributed by atoms with Gasteiger partial charge in [0, 0.05) is 19.2 Å². The quantitative estimate of drug-likeness (QED) is 0.778. The smallest absolute Gasteiger partial charge is 0.277 e. The fraction of sp³-hybridized carbons (Fsp3) is 0.389. The van der Waals surface area contributed by atoms with Crippen LogP contribution in [0.2, 0.25) is 0 Å². The molecule has 0 aromatic heterocycles. The van der Waals surface area contributed by atoms with Gasteiger partial charge in [0.15, 0.2) is 0 Å². The number of carbonyl (C=O) groups excluding carboxylic acids is 3.